The zero-order valence-electron chi connectivity index (χ0n) is 13.9. The van der Waals surface area contributed by atoms with E-state index in [1.165, 1.54) is 0 Å². The van der Waals surface area contributed by atoms with Crippen molar-refractivity contribution in [3.63, 3.8) is 0 Å². The first-order valence-corrected chi connectivity index (χ1v) is 8.41. The Balaban J connectivity index is 1.68. The molecule has 0 spiro atoms. The highest BCUT2D eigenvalue weighted by Crippen LogP contribution is 2.21. The van der Waals surface area contributed by atoms with Crippen LogP contribution in [0.3, 0.4) is 0 Å². The van der Waals surface area contributed by atoms with Crippen LogP contribution in [0.15, 0.2) is 48.5 Å². The fraction of sp³-hybridized carbons (Fsp3) is 0.263. The van der Waals surface area contributed by atoms with Gasteiger partial charge in [0.05, 0.1) is 7.11 Å². The molecule has 1 heterocycles. The van der Waals surface area contributed by atoms with Gasteiger partial charge < -0.3 is 14.5 Å². The van der Waals surface area contributed by atoms with Crippen molar-refractivity contribution < 1.29 is 14.3 Å². The molecule has 25 heavy (non-hydrogen) atoms. The van der Waals surface area contributed by atoms with Crippen LogP contribution in [0.2, 0.25) is 5.02 Å². The molecule has 0 radical (unpaired) electrons. The Labute approximate surface area is 151 Å². The van der Waals surface area contributed by atoms with Gasteiger partial charge in [-0.2, -0.15) is 0 Å². The van der Waals surface area contributed by atoms with E-state index >= 15 is 0 Å². The molecule has 0 atom stereocenters. The number of piperazine rings is 1. The van der Waals surface area contributed by atoms with E-state index in [1.54, 1.807) is 29.0 Å². The molecular weight excluding hydrogens is 340 g/mol. The van der Waals surface area contributed by atoms with Gasteiger partial charge in [-0.25, -0.2) is 0 Å². The molecule has 0 unspecified atom stereocenters. The Kier molecular flexibility index (Phi) is 5.24. The second-order valence-corrected chi connectivity index (χ2v) is 6.33. The van der Waals surface area contributed by atoms with Crippen molar-refractivity contribution in [2.45, 2.75) is 13.1 Å². The van der Waals surface area contributed by atoms with Gasteiger partial charge in [-0.15, -0.1) is 0 Å². The molecule has 5 nitrogen and oxygen atoms in total. The van der Waals surface area contributed by atoms with Crippen molar-refractivity contribution >= 4 is 23.4 Å². The monoisotopic (exact) mass is 358 g/mol. The maximum atomic E-state index is 12.5. The van der Waals surface area contributed by atoms with Crippen molar-refractivity contribution in [1.29, 1.82) is 0 Å². The molecule has 0 bridgehead atoms. The van der Waals surface area contributed by atoms with Crippen LogP contribution >= 0.6 is 11.6 Å². The van der Waals surface area contributed by atoms with E-state index in [4.69, 9.17) is 16.3 Å². The molecule has 1 aliphatic heterocycles. The summed E-state index contributed by atoms with van der Waals surface area (Å²) in [5.41, 5.74) is 1.79. The van der Waals surface area contributed by atoms with Gasteiger partial charge >= 0.3 is 11.8 Å². The first-order valence-electron chi connectivity index (χ1n) is 8.03. The number of amides is 2. The summed E-state index contributed by atoms with van der Waals surface area (Å²) >= 11 is 5.98. The molecule has 0 aliphatic carbocycles. The number of para-hydroxylation sites is 1. The molecular formula is C19H19ClN2O3. The van der Waals surface area contributed by atoms with Gasteiger partial charge in [0.15, 0.2) is 0 Å². The summed E-state index contributed by atoms with van der Waals surface area (Å²) in [6.07, 6.45) is 0. The van der Waals surface area contributed by atoms with Gasteiger partial charge in [0.2, 0.25) is 0 Å². The summed E-state index contributed by atoms with van der Waals surface area (Å²) in [5.74, 6) is -0.260. The Morgan fingerprint density at radius 1 is 0.960 bits per heavy atom. The van der Waals surface area contributed by atoms with Crippen LogP contribution < -0.4 is 4.74 Å². The molecule has 2 aromatic carbocycles. The predicted octanol–water partition coefficient (Wildman–Crippen LogP) is 2.72. The van der Waals surface area contributed by atoms with E-state index in [0.717, 1.165) is 11.1 Å². The molecule has 0 N–H and O–H groups in total. The lowest BCUT2D eigenvalue weighted by Gasteiger charge is -2.34. The second-order valence-electron chi connectivity index (χ2n) is 5.90. The molecule has 130 valence electrons. The quantitative estimate of drug-likeness (QED) is 0.772. The second kappa shape index (κ2) is 7.57. The average molecular weight is 359 g/mol. The third-order valence-corrected chi connectivity index (χ3v) is 4.45. The lowest BCUT2D eigenvalue weighted by Crippen LogP contribution is -2.53. The number of benzene rings is 2. The number of carbonyl (C=O) groups excluding carboxylic acids is 2. The lowest BCUT2D eigenvalue weighted by molar-refractivity contribution is -0.156. The van der Waals surface area contributed by atoms with Crippen molar-refractivity contribution in [3.8, 4) is 5.75 Å². The lowest BCUT2D eigenvalue weighted by atomic mass is 10.1. The minimum Gasteiger partial charge on any atom is -0.496 e. The average Bonchev–Trinajstić information content (AvgIpc) is 2.62. The number of carbonyl (C=O) groups is 2. The topological polar surface area (TPSA) is 49.9 Å². The third kappa shape index (κ3) is 3.94. The summed E-state index contributed by atoms with van der Waals surface area (Å²) in [7, 11) is 1.59. The third-order valence-electron chi connectivity index (χ3n) is 4.21. The fourth-order valence-electron chi connectivity index (χ4n) is 2.91. The smallest absolute Gasteiger partial charge is 0.312 e. The first kappa shape index (κ1) is 17.3. The molecule has 3 rings (SSSR count). The van der Waals surface area contributed by atoms with Crippen LogP contribution in [0, 0.1) is 0 Å². The van der Waals surface area contributed by atoms with Crippen molar-refractivity contribution in [2.24, 2.45) is 0 Å². The Morgan fingerprint density at radius 3 is 2.32 bits per heavy atom. The van der Waals surface area contributed by atoms with Crippen LogP contribution in [0.4, 0.5) is 0 Å². The van der Waals surface area contributed by atoms with E-state index in [-0.39, 0.29) is 0 Å². The molecule has 1 saturated heterocycles. The van der Waals surface area contributed by atoms with Gasteiger partial charge in [0.25, 0.3) is 0 Å². The Bertz CT molecular complexity index is 794. The zero-order chi connectivity index (χ0) is 17.8. The van der Waals surface area contributed by atoms with Gasteiger partial charge in [-0.05, 0) is 23.8 Å². The normalized spacial score (nSPS) is 14.8. The number of ether oxygens (including phenoxy) is 1. The van der Waals surface area contributed by atoms with Crippen LogP contribution in [0.1, 0.15) is 11.1 Å². The molecule has 2 aromatic rings. The number of hydrogen-bond donors (Lipinski definition) is 0. The number of methoxy groups -OCH3 is 1. The predicted molar refractivity (Wildman–Crippen MR) is 95.3 cm³/mol. The van der Waals surface area contributed by atoms with E-state index in [0.29, 0.717) is 37.0 Å². The highest BCUT2D eigenvalue weighted by molar-refractivity contribution is 6.35. The van der Waals surface area contributed by atoms with E-state index in [2.05, 4.69) is 0 Å². The maximum absolute atomic E-state index is 12.5. The van der Waals surface area contributed by atoms with Crippen LogP contribution in [0.5, 0.6) is 5.75 Å². The van der Waals surface area contributed by atoms with Gasteiger partial charge in [-0.1, -0.05) is 41.9 Å². The largest absolute Gasteiger partial charge is 0.496 e. The SMILES string of the molecule is COc1ccccc1CN1CCN(Cc2cccc(Cl)c2)C(=O)C1=O. The molecule has 0 aromatic heterocycles. The van der Waals surface area contributed by atoms with Gasteiger partial charge in [-0.3, -0.25) is 9.59 Å². The van der Waals surface area contributed by atoms with E-state index in [1.807, 2.05) is 36.4 Å². The van der Waals surface area contributed by atoms with Crippen molar-refractivity contribution in [2.75, 3.05) is 20.2 Å². The zero-order valence-corrected chi connectivity index (χ0v) is 14.7. The summed E-state index contributed by atoms with van der Waals surface area (Å²) in [4.78, 5) is 28.0. The number of hydrogen-bond acceptors (Lipinski definition) is 3. The Morgan fingerprint density at radius 2 is 1.64 bits per heavy atom. The number of nitrogens with zero attached hydrogens (tertiary/aromatic N) is 2. The molecule has 0 saturated carbocycles. The summed E-state index contributed by atoms with van der Waals surface area (Å²) < 4.78 is 5.31. The standard InChI is InChI=1S/C19H19ClN2O3/c1-25-17-8-3-2-6-15(17)13-22-10-9-21(18(23)19(22)24)12-14-5-4-7-16(20)11-14/h2-8,11H,9-10,12-13H2,1H3. The summed E-state index contributed by atoms with van der Waals surface area (Å²) in [6.45, 7) is 1.72. The minimum atomic E-state index is -0.487. The molecule has 6 heteroatoms. The maximum Gasteiger partial charge on any atom is 0.312 e. The summed E-state index contributed by atoms with van der Waals surface area (Å²) in [5, 5.41) is 0.617. The van der Waals surface area contributed by atoms with E-state index < -0.39 is 11.8 Å². The van der Waals surface area contributed by atoms with Crippen molar-refractivity contribution in [1.82, 2.24) is 9.80 Å². The first-order chi connectivity index (χ1) is 12.1. The molecule has 1 fully saturated rings. The highest BCUT2D eigenvalue weighted by atomic mass is 35.5. The molecule has 1 aliphatic rings. The van der Waals surface area contributed by atoms with Crippen LogP contribution in [-0.2, 0) is 22.7 Å². The highest BCUT2D eigenvalue weighted by Gasteiger charge is 2.32. The van der Waals surface area contributed by atoms with Crippen LogP contribution in [0.25, 0.3) is 0 Å². The van der Waals surface area contributed by atoms with Crippen molar-refractivity contribution in [3.05, 3.63) is 64.7 Å². The van der Waals surface area contributed by atoms with Gasteiger partial charge in [0, 0.05) is 36.8 Å². The van der Waals surface area contributed by atoms with E-state index in [9.17, 15) is 9.59 Å². The van der Waals surface area contributed by atoms with Gasteiger partial charge in [0.1, 0.15) is 5.75 Å². The molecule has 2 amide bonds. The number of rotatable bonds is 5. The minimum absolute atomic E-state index is 0.361. The number of halogens is 1. The van der Waals surface area contributed by atoms with Crippen LogP contribution in [-0.4, -0.2) is 41.8 Å². The Hall–Kier alpha value is -2.53. The fourth-order valence-corrected chi connectivity index (χ4v) is 3.12. The summed E-state index contributed by atoms with van der Waals surface area (Å²) in [6, 6.07) is 14.8.